The first-order valence-electron chi connectivity index (χ1n) is 8.96. The Kier molecular flexibility index (Phi) is 5.71. The topological polar surface area (TPSA) is 70.4 Å². The zero-order valence-electron chi connectivity index (χ0n) is 14.9. The monoisotopic (exact) mass is 342 g/mol. The molecule has 2 heterocycles. The average molecular weight is 342 g/mol. The molecule has 2 N–H and O–H groups in total. The first-order chi connectivity index (χ1) is 12.2. The van der Waals surface area contributed by atoms with Crippen LogP contribution in [0.1, 0.15) is 38.6 Å². The van der Waals surface area contributed by atoms with Crippen molar-refractivity contribution in [1.82, 2.24) is 20.5 Å². The summed E-state index contributed by atoms with van der Waals surface area (Å²) in [6.45, 7) is 7.08. The minimum Gasteiger partial charge on any atom is -0.438 e. The van der Waals surface area contributed by atoms with E-state index in [2.05, 4.69) is 27.4 Å². The maximum atomic E-state index is 12.3. The molecule has 6 nitrogen and oxygen atoms in total. The molecule has 3 rings (SSSR count). The van der Waals surface area contributed by atoms with Gasteiger partial charge in [0.25, 0.3) is 0 Å². The molecule has 1 aromatic carbocycles. The van der Waals surface area contributed by atoms with E-state index >= 15 is 0 Å². The van der Waals surface area contributed by atoms with Crippen molar-refractivity contribution in [2.24, 2.45) is 0 Å². The quantitative estimate of drug-likeness (QED) is 0.875. The molecule has 0 radical (unpaired) electrons. The molecule has 1 saturated heterocycles. The molecule has 0 spiro atoms. The summed E-state index contributed by atoms with van der Waals surface area (Å²) in [5, 5.41) is 5.98. The number of urea groups is 1. The van der Waals surface area contributed by atoms with Gasteiger partial charge in [-0.05, 0) is 32.9 Å². The SMILES string of the molecule is CCN1CCCC(NC(=O)NC(C)c2ncc(-c3ccccc3)o2)C1. The van der Waals surface area contributed by atoms with E-state index in [9.17, 15) is 4.79 Å². The highest BCUT2D eigenvalue weighted by atomic mass is 16.4. The number of rotatable bonds is 5. The summed E-state index contributed by atoms with van der Waals surface area (Å²) in [5.41, 5.74) is 0.972. The number of likely N-dealkylation sites (tertiary alicyclic amines) is 1. The number of hydrogen-bond donors (Lipinski definition) is 2. The maximum Gasteiger partial charge on any atom is 0.315 e. The molecule has 0 aliphatic carbocycles. The van der Waals surface area contributed by atoms with Crippen molar-refractivity contribution in [2.75, 3.05) is 19.6 Å². The fraction of sp³-hybridized carbons (Fsp3) is 0.474. The van der Waals surface area contributed by atoms with Crippen molar-refractivity contribution in [3.8, 4) is 11.3 Å². The Balaban J connectivity index is 1.54. The van der Waals surface area contributed by atoms with Gasteiger partial charge in [-0.1, -0.05) is 37.3 Å². The average Bonchev–Trinajstić information content (AvgIpc) is 3.13. The van der Waals surface area contributed by atoms with Gasteiger partial charge in [0.15, 0.2) is 5.76 Å². The van der Waals surface area contributed by atoms with Gasteiger partial charge < -0.3 is 20.0 Å². The number of nitrogens with one attached hydrogen (secondary N) is 2. The molecular weight excluding hydrogens is 316 g/mol. The second kappa shape index (κ2) is 8.16. The second-order valence-corrected chi connectivity index (χ2v) is 6.50. The van der Waals surface area contributed by atoms with Crippen LogP contribution >= 0.6 is 0 Å². The minimum absolute atomic E-state index is 0.171. The summed E-state index contributed by atoms with van der Waals surface area (Å²) >= 11 is 0. The van der Waals surface area contributed by atoms with Crippen LogP contribution in [0.2, 0.25) is 0 Å². The van der Waals surface area contributed by atoms with E-state index in [4.69, 9.17) is 4.42 Å². The highest BCUT2D eigenvalue weighted by Crippen LogP contribution is 2.22. The van der Waals surface area contributed by atoms with Gasteiger partial charge in [0.2, 0.25) is 5.89 Å². The lowest BCUT2D eigenvalue weighted by molar-refractivity contribution is 0.190. The van der Waals surface area contributed by atoms with E-state index in [1.54, 1.807) is 6.20 Å². The molecule has 2 unspecified atom stereocenters. The smallest absolute Gasteiger partial charge is 0.315 e. The lowest BCUT2D eigenvalue weighted by Crippen LogP contribution is -2.50. The van der Waals surface area contributed by atoms with Crippen LogP contribution in [-0.2, 0) is 0 Å². The van der Waals surface area contributed by atoms with Crippen molar-refractivity contribution < 1.29 is 9.21 Å². The van der Waals surface area contributed by atoms with Gasteiger partial charge in [-0.25, -0.2) is 9.78 Å². The summed E-state index contributed by atoms with van der Waals surface area (Å²) in [7, 11) is 0. The van der Waals surface area contributed by atoms with Gasteiger partial charge in [-0.15, -0.1) is 0 Å². The third kappa shape index (κ3) is 4.60. The Hall–Kier alpha value is -2.34. The summed E-state index contributed by atoms with van der Waals surface area (Å²) < 4.78 is 5.79. The van der Waals surface area contributed by atoms with E-state index in [1.165, 1.54) is 0 Å². The number of benzene rings is 1. The molecule has 1 aromatic heterocycles. The Morgan fingerprint density at radius 2 is 2.20 bits per heavy atom. The molecule has 2 atom stereocenters. The van der Waals surface area contributed by atoms with Crippen molar-refractivity contribution >= 4 is 6.03 Å². The summed E-state index contributed by atoms with van der Waals surface area (Å²) in [6.07, 6.45) is 3.84. The third-order valence-electron chi connectivity index (χ3n) is 4.59. The Labute approximate surface area is 148 Å². The molecule has 134 valence electrons. The second-order valence-electron chi connectivity index (χ2n) is 6.50. The molecule has 1 aliphatic rings. The van der Waals surface area contributed by atoms with Gasteiger partial charge >= 0.3 is 6.03 Å². The number of nitrogens with zero attached hydrogens (tertiary/aromatic N) is 2. The normalized spacial score (nSPS) is 19.4. The molecular formula is C19H26N4O2. The maximum absolute atomic E-state index is 12.3. The first-order valence-corrected chi connectivity index (χ1v) is 8.96. The van der Waals surface area contributed by atoms with E-state index in [1.807, 2.05) is 37.3 Å². The fourth-order valence-electron chi connectivity index (χ4n) is 3.17. The third-order valence-corrected chi connectivity index (χ3v) is 4.59. The first kappa shape index (κ1) is 17.5. The molecule has 6 heteroatoms. The van der Waals surface area contributed by atoms with Crippen molar-refractivity contribution in [1.29, 1.82) is 0 Å². The molecule has 2 aromatic rings. The van der Waals surface area contributed by atoms with Crippen LogP contribution in [0.15, 0.2) is 40.9 Å². The molecule has 0 bridgehead atoms. The van der Waals surface area contributed by atoms with Crippen LogP contribution in [0.3, 0.4) is 0 Å². The molecule has 2 amide bonds. The van der Waals surface area contributed by atoms with Gasteiger partial charge in [0, 0.05) is 18.2 Å². The predicted molar refractivity (Wildman–Crippen MR) is 97.2 cm³/mol. The van der Waals surface area contributed by atoms with E-state index in [-0.39, 0.29) is 18.1 Å². The van der Waals surface area contributed by atoms with Crippen LogP contribution in [0.4, 0.5) is 4.79 Å². The predicted octanol–water partition coefficient (Wildman–Crippen LogP) is 3.19. The molecule has 1 aliphatic heterocycles. The number of oxazole rings is 1. The van der Waals surface area contributed by atoms with Crippen LogP contribution in [0, 0.1) is 0 Å². The van der Waals surface area contributed by atoms with Gasteiger partial charge in [-0.2, -0.15) is 0 Å². The Morgan fingerprint density at radius 3 is 2.96 bits per heavy atom. The number of carbonyl (C=O) groups excluding carboxylic acids is 1. The van der Waals surface area contributed by atoms with Gasteiger partial charge in [0.05, 0.1) is 6.20 Å². The van der Waals surface area contributed by atoms with Crippen molar-refractivity contribution in [2.45, 2.75) is 38.8 Å². The summed E-state index contributed by atoms with van der Waals surface area (Å²) in [4.78, 5) is 18.9. The molecule has 0 saturated carbocycles. The fourth-order valence-corrected chi connectivity index (χ4v) is 3.17. The highest BCUT2D eigenvalue weighted by Gasteiger charge is 2.22. The largest absolute Gasteiger partial charge is 0.438 e. The van der Waals surface area contributed by atoms with Crippen LogP contribution in [0.5, 0.6) is 0 Å². The van der Waals surface area contributed by atoms with Crippen molar-refractivity contribution in [3.05, 3.63) is 42.4 Å². The summed E-state index contributed by atoms with van der Waals surface area (Å²) in [6, 6.07) is 9.55. The number of piperidine rings is 1. The number of carbonyl (C=O) groups is 1. The standard InChI is InChI=1S/C19H26N4O2/c1-3-23-11-7-10-16(13-23)22-19(24)21-14(2)18-20-12-17(25-18)15-8-5-4-6-9-15/h4-6,8-9,12,14,16H,3,7,10-11,13H2,1-2H3,(H2,21,22,24). The van der Waals surface area contributed by atoms with E-state index < -0.39 is 0 Å². The number of hydrogen-bond acceptors (Lipinski definition) is 4. The number of amides is 2. The van der Waals surface area contributed by atoms with Crippen LogP contribution in [0.25, 0.3) is 11.3 Å². The van der Waals surface area contributed by atoms with E-state index in [0.29, 0.717) is 11.7 Å². The zero-order chi connectivity index (χ0) is 17.6. The molecule has 25 heavy (non-hydrogen) atoms. The van der Waals surface area contributed by atoms with E-state index in [0.717, 1.165) is 38.0 Å². The minimum atomic E-state index is -0.289. The van der Waals surface area contributed by atoms with Crippen LogP contribution < -0.4 is 10.6 Å². The van der Waals surface area contributed by atoms with Crippen LogP contribution in [-0.4, -0.2) is 41.6 Å². The van der Waals surface area contributed by atoms with Crippen molar-refractivity contribution in [3.63, 3.8) is 0 Å². The Bertz CT molecular complexity index is 686. The highest BCUT2D eigenvalue weighted by molar-refractivity contribution is 5.74. The number of aromatic nitrogens is 1. The summed E-state index contributed by atoms with van der Waals surface area (Å²) in [5.74, 6) is 1.21. The Morgan fingerprint density at radius 1 is 1.40 bits per heavy atom. The lowest BCUT2D eigenvalue weighted by atomic mass is 10.1. The van der Waals surface area contributed by atoms with Gasteiger partial charge in [0.1, 0.15) is 6.04 Å². The lowest BCUT2D eigenvalue weighted by Gasteiger charge is -2.32. The van der Waals surface area contributed by atoms with Gasteiger partial charge in [-0.3, -0.25) is 0 Å². The number of likely N-dealkylation sites (N-methyl/N-ethyl adjacent to an activating group) is 1. The zero-order valence-corrected chi connectivity index (χ0v) is 14.9. The molecule has 1 fully saturated rings.